The number of carbonyl (C=O) groups excluding carboxylic acids is 1. The molecular weight excluding hydrogens is 530 g/mol. The molecule has 1 unspecified atom stereocenters. The highest BCUT2D eigenvalue weighted by Crippen LogP contribution is 2.40. The second-order valence-electron chi connectivity index (χ2n) is 9.32. The highest BCUT2D eigenvalue weighted by atomic mass is 79.9. The van der Waals surface area contributed by atoms with E-state index in [0.717, 1.165) is 32.4 Å². The Hall–Kier alpha value is -3.91. The Morgan fingerprint density at radius 1 is 1.03 bits per heavy atom. The molecule has 0 bridgehead atoms. The summed E-state index contributed by atoms with van der Waals surface area (Å²) in [6, 6.07) is 19.5. The zero-order valence-electron chi connectivity index (χ0n) is 21.2. The van der Waals surface area contributed by atoms with E-state index in [2.05, 4.69) is 67.8 Å². The molecule has 7 nitrogen and oxygen atoms in total. The van der Waals surface area contributed by atoms with Gasteiger partial charge in [-0.1, -0.05) is 63.5 Å². The van der Waals surface area contributed by atoms with Crippen LogP contribution in [0.4, 0.5) is 11.6 Å². The third-order valence-electron chi connectivity index (χ3n) is 6.45. The van der Waals surface area contributed by atoms with E-state index in [0.29, 0.717) is 29.6 Å². The number of carbonyl (C=O) groups is 1. The Morgan fingerprint density at radius 3 is 2.54 bits per heavy atom. The third-order valence-corrected chi connectivity index (χ3v) is 6.94. The predicted molar refractivity (Wildman–Crippen MR) is 149 cm³/mol. The Morgan fingerprint density at radius 2 is 1.78 bits per heavy atom. The Kier molecular flexibility index (Phi) is 6.84. The maximum Gasteiger partial charge on any atom is 0.255 e. The summed E-state index contributed by atoms with van der Waals surface area (Å²) in [5.74, 6) is 1.02. The summed E-state index contributed by atoms with van der Waals surface area (Å²) in [7, 11) is 0. The number of fused-ring (bicyclic) bond motifs is 1. The summed E-state index contributed by atoms with van der Waals surface area (Å²) in [4.78, 5) is 18.2. The number of rotatable bonds is 6. The van der Waals surface area contributed by atoms with Crippen LogP contribution in [0.15, 0.2) is 82.7 Å². The predicted octanol–water partition coefficient (Wildman–Crippen LogP) is 6.47. The molecule has 188 valence electrons. The van der Waals surface area contributed by atoms with Gasteiger partial charge in [-0.15, -0.1) is 0 Å². The first-order valence-corrected chi connectivity index (χ1v) is 12.8. The van der Waals surface area contributed by atoms with Crippen LogP contribution in [0.1, 0.15) is 40.8 Å². The lowest BCUT2D eigenvalue weighted by atomic mass is 9.94. The topological polar surface area (TPSA) is 81.1 Å². The standard InChI is InChI=1S/C29H28BrN5O2/c1-17-5-8-21(9-6-17)15-37-25-12-10-22(30)14-23(25)27-26(20(4)33-29-31-16-32-35(27)29)28(36)34-24-11-7-18(2)13-19(24)3/h5-14,16,27H,15H2,1-4H3,(H,34,36)(H,31,32,33). The van der Waals surface area contributed by atoms with Crippen LogP contribution in [0.25, 0.3) is 0 Å². The summed E-state index contributed by atoms with van der Waals surface area (Å²) in [6.45, 7) is 8.36. The van der Waals surface area contributed by atoms with Crippen molar-refractivity contribution in [3.8, 4) is 5.75 Å². The monoisotopic (exact) mass is 557 g/mol. The molecule has 0 fully saturated rings. The number of aryl methyl sites for hydroxylation is 3. The van der Waals surface area contributed by atoms with Gasteiger partial charge in [0.05, 0.1) is 5.57 Å². The molecule has 4 aromatic rings. The van der Waals surface area contributed by atoms with E-state index >= 15 is 0 Å². The maximum absolute atomic E-state index is 13.8. The number of ether oxygens (including phenoxy) is 1. The van der Waals surface area contributed by atoms with Gasteiger partial charge in [0, 0.05) is 21.4 Å². The fourth-order valence-electron chi connectivity index (χ4n) is 4.53. The summed E-state index contributed by atoms with van der Waals surface area (Å²) >= 11 is 3.61. The molecule has 0 aliphatic carbocycles. The Labute approximate surface area is 224 Å². The van der Waals surface area contributed by atoms with Crippen LogP contribution in [0.3, 0.4) is 0 Å². The molecule has 8 heteroatoms. The van der Waals surface area contributed by atoms with Crippen molar-refractivity contribution in [2.45, 2.75) is 40.3 Å². The van der Waals surface area contributed by atoms with Crippen molar-refractivity contribution in [1.82, 2.24) is 14.8 Å². The number of hydrogen-bond acceptors (Lipinski definition) is 5. The number of anilines is 2. The first-order valence-electron chi connectivity index (χ1n) is 12.0. The number of allylic oxidation sites excluding steroid dienone is 1. The van der Waals surface area contributed by atoms with Crippen molar-refractivity contribution in [2.24, 2.45) is 0 Å². The third kappa shape index (κ3) is 5.15. The Bertz CT molecular complexity index is 1510. The second-order valence-corrected chi connectivity index (χ2v) is 10.2. The number of amides is 1. The molecule has 0 spiro atoms. The van der Waals surface area contributed by atoms with Crippen molar-refractivity contribution in [3.63, 3.8) is 0 Å². The maximum atomic E-state index is 13.8. The van der Waals surface area contributed by atoms with Crippen molar-refractivity contribution in [3.05, 3.63) is 111 Å². The van der Waals surface area contributed by atoms with E-state index in [1.54, 1.807) is 4.68 Å². The van der Waals surface area contributed by atoms with Crippen LogP contribution in [0, 0.1) is 20.8 Å². The lowest BCUT2D eigenvalue weighted by molar-refractivity contribution is -0.113. The van der Waals surface area contributed by atoms with Crippen molar-refractivity contribution in [1.29, 1.82) is 0 Å². The first-order chi connectivity index (χ1) is 17.8. The number of hydrogen-bond donors (Lipinski definition) is 2. The molecule has 0 saturated heterocycles. The number of nitrogens with one attached hydrogen (secondary N) is 2. The molecule has 1 amide bonds. The zero-order valence-corrected chi connectivity index (χ0v) is 22.8. The molecule has 0 radical (unpaired) electrons. The van der Waals surface area contributed by atoms with Crippen molar-refractivity contribution >= 4 is 33.5 Å². The molecule has 0 saturated carbocycles. The highest BCUT2D eigenvalue weighted by molar-refractivity contribution is 9.10. The van der Waals surface area contributed by atoms with Crippen molar-refractivity contribution < 1.29 is 9.53 Å². The van der Waals surface area contributed by atoms with Crippen LogP contribution < -0.4 is 15.4 Å². The van der Waals surface area contributed by atoms with Crippen LogP contribution in [0.5, 0.6) is 5.75 Å². The minimum absolute atomic E-state index is 0.215. The van der Waals surface area contributed by atoms with Gasteiger partial charge in [0.1, 0.15) is 24.7 Å². The number of aromatic nitrogens is 3. The smallest absolute Gasteiger partial charge is 0.255 e. The van der Waals surface area contributed by atoms with E-state index in [1.165, 1.54) is 11.9 Å². The number of halogens is 1. The SMILES string of the molecule is CC1=C(C(=O)Nc2ccc(C)cc2C)C(c2cc(Br)ccc2OCc2ccc(C)cc2)n2ncnc2N1. The van der Waals surface area contributed by atoms with Gasteiger partial charge >= 0.3 is 0 Å². The van der Waals surface area contributed by atoms with E-state index < -0.39 is 6.04 Å². The molecule has 1 aliphatic heterocycles. The van der Waals surface area contributed by atoms with Crippen LogP contribution in [-0.2, 0) is 11.4 Å². The second kappa shape index (κ2) is 10.2. The average Bonchev–Trinajstić information content (AvgIpc) is 3.33. The van der Waals surface area contributed by atoms with Crippen LogP contribution >= 0.6 is 15.9 Å². The van der Waals surface area contributed by atoms with Gasteiger partial charge in [0.2, 0.25) is 5.95 Å². The summed E-state index contributed by atoms with van der Waals surface area (Å²) < 4.78 is 8.92. The van der Waals surface area contributed by atoms with Gasteiger partial charge in [-0.05, 0) is 63.1 Å². The first kappa shape index (κ1) is 24.8. The lowest BCUT2D eigenvalue weighted by Gasteiger charge is -2.30. The van der Waals surface area contributed by atoms with E-state index in [1.807, 2.05) is 57.2 Å². The fourth-order valence-corrected chi connectivity index (χ4v) is 4.90. The highest BCUT2D eigenvalue weighted by Gasteiger charge is 2.35. The lowest BCUT2D eigenvalue weighted by Crippen LogP contribution is -2.32. The fraction of sp³-hybridized carbons (Fsp3) is 0.207. The largest absolute Gasteiger partial charge is 0.489 e. The van der Waals surface area contributed by atoms with Gasteiger partial charge in [0.25, 0.3) is 5.91 Å². The van der Waals surface area contributed by atoms with Gasteiger partial charge in [-0.2, -0.15) is 10.1 Å². The number of benzene rings is 3. The molecule has 3 aromatic carbocycles. The average molecular weight is 558 g/mol. The molecule has 5 rings (SSSR count). The minimum Gasteiger partial charge on any atom is -0.489 e. The van der Waals surface area contributed by atoms with Gasteiger partial charge in [-0.3, -0.25) is 4.79 Å². The van der Waals surface area contributed by atoms with Crippen LogP contribution in [0.2, 0.25) is 0 Å². The van der Waals surface area contributed by atoms with E-state index in [4.69, 9.17) is 4.74 Å². The van der Waals surface area contributed by atoms with Gasteiger partial charge in [0.15, 0.2) is 0 Å². The molecule has 2 N–H and O–H groups in total. The zero-order chi connectivity index (χ0) is 26.1. The molecule has 1 atom stereocenters. The van der Waals surface area contributed by atoms with Crippen molar-refractivity contribution in [2.75, 3.05) is 10.6 Å². The summed E-state index contributed by atoms with van der Waals surface area (Å²) in [5, 5.41) is 10.8. The molecule has 1 aliphatic rings. The quantitative estimate of drug-likeness (QED) is 0.284. The van der Waals surface area contributed by atoms with E-state index in [-0.39, 0.29) is 5.91 Å². The summed E-state index contributed by atoms with van der Waals surface area (Å²) in [6.07, 6.45) is 1.48. The van der Waals surface area contributed by atoms with Crippen LogP contribution in [-0.4, -0.2) is 20.7 Å². The van der Waals surface area contributed by atoms with E-state index in [9.17, 15) is 4.79 Å². The normalized spacial score (nSPS) is 14.7. The van der Waals surface area contributed by atoms with Gasteiger partial charge in [-0.25, -0.2) is 4.68 Å². The molecule has 1 aromatic heterocycles. The summed E-state index contributed by atoms with van der Waals surface area (Å²) in [5.41, 5.74) is 7.21. The van der Waals surface area contributed by atoms with Gasteiger partial charge < -0.3 is 15.4 Å². The molecule has 2 heterocycles. The minimum atomic E-state index is -0.546. The Balaban J connectivity index is 1.54. The molecule has 37 heavy (non-hydrogen) atoms. The molecular formula is C29H28BrN5O2. The number of nitrogens with zero attached hydrogens (tertiary/aromatic N) is 3.